The van der Waals surface area contributed by atoms with Crippen molar-refractivity contribution in [2.45, 2.75) is 50.7 Å². The summed E-state index contributed by atoms with van der Waals surface area (Å²) in [4.78, 5) is 45.5. The van der Waals surface area contributed by atoms with Gasteiger partial charge >= 0.3 is 5.97 Å². The van der Waals surface area contributed by atoms with Gasteiger partial charge in [-0.05, 0) is 32.7 Å². The number of nitrogens with two attached hydrogens (primary N) is 3. The van der Waals surface area contributed by atoms with E-state index in [4.69, 9.17) is 22.3 Å². The zero-order valence-electron chi connectivity index (χ0n) is 13.1. The minimum absolute atomic E-state index is 0.268. The van der Waals surface area contributed by atoms with Crippen molar-refractivity contribution < 1.29 is 24.3 Å². The van der Waals surface area contributed by atoms with Crippen molar-refractivity contribution in [1.29, 1.82) is 0 Å². The van der Waals surface area contributed by atoms with E-state index in [0.717, 1.165) is 0 Å². The van der Waals surface area contributed by atoms with Crippen LogP contribution in [0.5, 0.6) is 0 Å². The van der Waals surface area contributed by atoms with Crippen LogP contribution in [-0.2, 0) is 19.2 Å². The lowest BCUT2D eigenvalue weighted by Gasteiger charge is -2.21. The van der Waals surface area contributed by atoms with Crippen molar-refractivity contribution in [1.82, 2.24) is 10.6 Å². The number of carboxylic acid groups (broad SMARTS) is 1. The largest absolute Gasteiger partial charge is 0.480 e. The molecule has 0 radical (unpaired) electrons. The maximum atomic E-state index is 12.1. The first-order chi connectivity index (χ1) is 10.7. The highest BCUT2D eigenvalue weighted by Gasteiger charge is 2.26. The van der Waals surface area contributed by atoms with Crippen LogP contribution in [-0.4, -0.2) is 53.5 Å². The van der Waals surface area contributed by atoms with Crippen LogP contribution < -0.4 is 27.8 Å². The van der Waals surface area contributed by atoms with E-state index in [1.807, 2.05) is 0 Å². The van der Waals surface area contributed by atoms with E-state index in [9.17, 15) is 19.2 Å². The fraction of sp³-hybridized carbons (Fsp3) is 0.692. The Morgan fingerprint density at radius 2 is 1.70 bits per heavy atom. The van der Waals surface area contributed by atoms with Gasteiger partial charge in [-0.1, -0.05) is 0 Å². The van der Waals surface area contributed by atoms with Gasteiger partial charge in [0.15, 0.2) is 0 Å². The molecule has 0 aliphatic carbocycles. The molecule has 0 fully saturated rings. The molecule has 10 nitrogen and oxygen atoms in total. The summed E-state index contributed by atoms with van der Waals surface area (Å²) in [5, 5.41) is 13.5. The van der Waals surface area contributed by atoms with Crippen LogP contribution in [0.15, 0.2) is 0 Å². The normalized spacial score (nSPS) is 14.4. The molecule has 0 aliphatic rings. The number of carbonyl (C=O) groups is 4. The minimum Gasteiger partial charge on any atom is -0.480 e. The zero-order valence-corrected chi connectivity index (χ0v) is 13.1. The Balaban J connectivity index is 4.78. The van der Waals surface area contributed by atoms with E-state index in [0.29, 0.717) is 19.4 Å². The molecule has 0 heterocycles. The fourth-order valence-corrected chi connectivity index (χ4v) is 1.73. The van der Waals surface area contributed by atoms with Gasteiger partial charge in [0, 0.05) is 0 Å². The summed E-state index contributed by atoms with van der Waals surface area (Å²) >= 11 is 0. The molecule has 10 heteroatoms. The number of hydrogen-bond donors (Lipinski definition) is 6. The SMILES string of the molecule is C[C@H](NC(=O)[C@H](CCCCN)NC(=O)[C@@H](N)CC(N)=O)C(=O)O. The lowest BCUT2D eigenvalue weighted by Crippen LogP contribution is -2.54. The van der Waals surface area contributed by atoms with Crippen LogP contribution in [0.1, 0.15) is 32.6 Å². The minimum atomic E-state index is -1.20. The van der Waals surface area contributed by atoms with E-state index in [-0.39, 0.29) is 12.8 Å². The summed E-state index contributed by atoms with van der Waals surface area (Å²) in [7, 11) is 0. The quantitative estimate of drug-likeness (QED) is 0.223. The number of aliphatic carboxylic acids is 1. The fourth-order valence-electron chi connectivity index (χ4n) is 1.73. The third-order valence-corrected chi connectivity index (χ3v) is 3.07. The number of carbonyl (C=O) groups excluding carboxylic acids is 3. The molecule has 0 aromatic carbocycles. The van der Waals surface area contributed by atoms with E-state index >= 15 is 0 Å². The number of primary amides is 1. The van der Waals surface area contributed by atoms with Gasteiger partial charge in [0.05, 0.1) is 12.5 Å². The van der Waals surface area contributed by atoms with E-state index < -0.39 is 41.8 Å². The summed E-state index contributed by atoms with van der Waals surface area (Å²) in [5.74, 6) is -3.29. The summed E-state index contributed by atoms with van der Waals surface area (Å²) in [6.45, 7) is 1.73. The molecule has 0 saturated heterocycles. The smallest absolute Gasteiger partial charge is 0.325 e. The maximum absolute atomic E-state index is 12.1. The standard InChI is InChI=1S/C13H25N5O5/c1-7(13(22)23)17-12(21)9(4-2-3-5-14)18-11(20)8(15)6-10(16)19/h7-9H,2-6,14-15H2,1H3,(H2,16,19)(H,17,21)(H,18,20)(H,22,23)/t7-,8-,9-/m0/s1. The van der Waals surface area contributed by atoms with Crippen LogP contribution in [0.25, 0.3) is 0 Å². The first kappa shape index (κ1) is 20.8. The Morgan fingerprint density at radius 1 is 1.09 bits per heavy atom. The third-order valence-electron chi connectivity index (χ3n) is 3.07. The molecule has 0 bridgehead atoms. The average Bonchev–Trinajstić information content (AvgIpc) is 2.45. The lowest BCUT2D eigenvalue weighted by molar-refractivity contribution is -0.141. The number of nitrogens with one attached hydrogen (secondary N) is 2. The molecule has 9 N–H and O–H groups in total. The summed E-state index contributed by atoms with van der Waals surface area (Å²) in [6, 6.07) is -3.24. The van der Waals surface area contributed by atoms with Gasteiger partial charge in [0.2, 0.25) is 17.7 Å². The molecular formula is C13H25N5O5. The highest BCUT2D eigenvalue weighted by atomic mass is 16.4. The van der Waals surface area contributed by atoms with Gasteiger partial charge in [-0.2, -0.15) is 0 Å². The Kier molecular flexibility index (Phi) is 9.51. The van der Waals surface area contributed by atoms with Crippen LogP contribution in [0.4, 0.5) is 0 Å². The summed E-state index contributed by atoms with van der Waals surface area (Å²) in [6.07, 6.45) is 1.11. The molecule has 0 unspecified atom stereocenters. The highest BCUT2D eigenvalue weighted by Crippen LogP contribution is 2.03. The second-order valence-electron chi connectivity index (χ2n) is 5.19. The molecule has 0 aromatic heterocycles. The first-order valence-corrected chi connectivity index (χ1v) is 7.26. The van der Waals surface area contributed by atoms with Gasteiger partial charge < -0.3 is 32.9 Å². The monoisotopic (exact) mass is 331 g/mol. The van der Waals surface area contributed by atoms with Gasteiger partial charge in [-0.25, -0.2) is 0 Å². The van der Waals surface area contributed by atoms with Crippen LogP contribution >= 0.6 is 0 Å². The van der Waals surface area contributed by atoms with Crippen molar-refractivity contribution in [3.8, 4) is 0 Å². The van der Waals surface area contributed by atoms with E-state index in [2.05, 4.69) is 10.6 Å². The summed E-state index contributed by atoms with van der Waals surface area (Å²) in [5.41, 5.74) is 15.9. The van der Waals surface area contributed by atoms with E-state index in [1.54, 1.807) is 0 Å². The molecule has 23 heavy (non-hydrogen) atoms. The average molecular weight is 331 g/mol. The Bertz CT molecular complexity index is 442. The van der Waals surface area contributed by atoms with Crippen molar-refractivity contribution >= 4 is 23.7 Å². The van der Waals surface area contributed by atoms with Crippen molar-refractivity contribution in [2.75, 3.05) is 6.54 Å². The Labute approximate surface area is 134 Å². The molecule has 0 spiro atoms. The predicted molar refractivity (Wildman–Crippen MR) is 81.9 cm³/mol. The lowest BCUT2D eigenvalue weighted by atomic mass is 10.1. The van der Waals surface area contributed by atoms with E-state index in [1.165, 1.54) is 6.92 Å². The highest BCUT2D eigenvalue weighted by molar-refractivity contribution is 5.93. The molecule has 3 amide bonds. The second kappa shape index (κ2) is 10.5. The number of carboxylic acids is 1. The Morgan fingerprint density at radius 3 is 2.17 bits per heavy atom. The Hall–Kier alpha value is -2.20. The molecule has 0 rings (SSSR count). The number of amides is 3. The van der Waals surface area contributed by atoms with Crippen LogP contribution in [0.2, 0.25) is 0 Å². The first-order valence-electron chi connectivity index (χ1n) is 7.26. The van der Waals surface area contributed by atoms with Crippen molar-refractivity contribution in [3.63, 3.8) is 0 Å². The predicted octanol–water partition coefficient (Wildman–Crippen LogP) is -2.61. The van der Waals surface area contributed by atoms with Gasteiger partial charge in [-0.15, -0.1) is 0 Å². The zero-order chi connectivity index (χ0) is 18.0. The van der Waals surface area contributed by atoms with Crippen molar-refractivity contribution in [3.05, 3.63) is 0 Å². The molecule has 3 atom stereocenters. The van der Waals surface area contributed by atoms with Gasteiger partial charge in [0.1, 0.15) is 12.1 Å². The van der Waals surface area contributed by atoms with Gasteiger partial charge in [0.25, 0.3) is 0 Å². The number of rotatable bonds is 11. The van der Waals surface area contributed by atoms with Crippen LogP contribution in [0, 0.1) is 0 Å². The summed E-state index contributed by atoms with van der Waals surface area (Å²) < 4.78 is 0. The molecule has 0 aliphatic heterocycles. The van der Waals surface area contributed by atoms with Crippen molar-refractivity contribution in [2.24, 2.45) is 17.2 Å². The topological polar surface area (TPSA) is 191 Å². The molecule has 0 aromatic rings. The molecule has 0 saturated carbocycles. The molecular weight excluding hydrogens is 306 g/mol. The number of unbranched alkanes of at least 4 members (excludes halogenated alkanes) is 1. The molecule has 132 valence electrons. The maximum Gasteiger partial charge on any atom is 0.325 e. The second-order valence-corrected chi connectivity index (χ2v) is 5.19. The third kappa shape index (κ3) is 8.73. The van der Waals surface area contributed by atoms with Gasteiger partial charge in [-0.3, -0.25) is 19.2 Å². The van der Waals surface area contributed by atoms with Crippen LogP contribution in [0.3, 0.4) is 0 Å². The number of hydrogen-bond acceptors (Lipinski definition) is 6.